The van der Waals surface area contributed by atoms with E-state index in [9.17, 15) is 9.18 Å². The third-order valence-electron chi connectivity index (χ3n) is 5.33. The van der Waals surface area contributed by atoms with Gasteiger partial charge in [-0.1, -0.05) is 54.6 Å². The molecular formula is C26H25FN2O2. The second-order valence-corrected chi connectivity index (χ2v) is 7.44. The lowest BCUT2D eigenvalue weighted by atomic mass is 10.2. The number of hydrogen-bond donors (Lipinski definition) is 0. The Hall–Kier alpha value is -3.60. The number of rotatable bonds is 6. The van der Waals surface area contributed by atoms with Crippen LogP contribution in [0, 0.1) is 5.82 Å². The number of carbonyl (C=O) groups excluding carboxylic acids is 1. The molecule has 5 heteroatoms. The van der Waals surface area contributed by atoms with Gasteiger partial charge >= 0.3 is 0 Å². The van der Waals surface area contributed by atoms with Crippen molar-refractivity contribution >= 4 is 17.7 Å². The zero-order valence-electron chi connectivity index (χ0n) is 17.3. The van der Waals surface area contributed by atoms with E-state index in [1.165, 1.54) is 6.07 Å². The number of piperazine rings is 1. The van der Waals surface area contributed by atoms with Gasteiger partial charge in [-0.25, -0.2) is 4.39 Å². The number of halogens is 1. The molecule has 0 saturated carbocycles. The van der Waals surface area contributed by atoms with Crippen LogP contribution in [0.5, 0.6) is 5.75 Å². The summed E-state index contributed by atoms with van der Waals surface area (Å²) < 4.78 is 19.8. The summed E-state index contributed by atoms with van der Waals surface area (Å²) in [5, 5.41) is 0. The van der Waals surface area contributed by atoms with Crippen molar-refractivity contribution in [2.45, 2.75) is 6.61 Å². The molecule has 1 aliphatic rings. The molecule has 1 aliphatic heterocycles. The maximum Gasteiger partial charge on any atom is 0.246 e. The molecule has 0 bridgehead atoms. The molecule has 0 spiro atoms. The minimum atomic E-state index is -0.224. The first-order chi connectivity index (χ1) is 15.2. The van der Waals surface area contributed by atoms with E-state index in [4.69, 9.17) is 4.74 Å². The molecule has 1 heterocycles. The van der Waals surface area contributed by atoms with Gasteiger partial charge in [0.05, 0.1) is 5.69 Å². The zero-order valence-corrected chi connectivity index (χ0v) is 17.3. The third-order valence-corrected chi connectivity index (χ3v) is 5.33. The SMILES string of the molecule is O=C(/C=C/c1ccc(OCc2ccccc2)cc1)N1CCN(c2ccccc2F)CC1. The van der Waals surface area contributed by atoms with Gasteiger partial charge in [0.1, 0.15) is 18.2 Å². The lowest BCUT2D eigenvalue weighted by Crippen LogP contribution is -2.48. The van der Waals surface area contributed by atoms with Gasteiger partial charge in [0.2, 0.25) is 5.91 Å². The molecule has 0 radical (unpaired) electrons. The number of amides is 1. The number of carbonyl (C=O) groups is 1. The third kappa shape index (κ3) is 5.51. The van der Waals surface area contributed by atoms with E-state index in [0.717, 1.165) is 16.9 Å². The summed E-state index contributed by atoms with van der Waals surface area (Å²) in [5.74, 6) is 0.535. The van der Waals surface area contributed by atoms with Crippen molar-refractivity contribution in [1.82, 2.24) is 4.90 Å². The highest BCUT2D eigenvalue weighted by molar-refractivity contribution is 5.92. The fourth-order valence-electron chi connectivity index (χ4n) is 3.56. The second-order valence-electron chi connectivity index (χ2n) is 7.44. The van der Waals surface area contributed by atoms with Crippen LogP contribution in [0.2, 0.25) is 0 Å². The second kappa shape index (κ2) is 9.94. The monoisotopic (exact) mass is 416 g/mol. The Balaban J connectivity index is 1.27. The number of anilines is 1. The lowest BCUT2D eigenvalue weighted by molar-refractivity contribution is -0.126. The largest absolute Gasteiger partial charge is 0.489 e. The first-order valence-corrected chi connectivity index (χ1v) is 10.4. The number of para-hydroxylation sites is 1. The molecule has 0 N–H and O–H groups in total. The van der Waals surface area contributed by atoms with Gasteiger partial charge in [-0.15, -0.1) is 0 Å². The fraction of sp³-hybridized carbons (Fsp3) is 0.192. The van der Waals surface area contributed by atoms with E-state index in [-0.39, 0.29) is 11.7 Å². The molecule has 158 valence electrons. The van der Waals surface area contributed by atoms with Crippen LogP contribution in [0.25, 0.3) is 6.08 Å². The standard InChI is InChI=1S/C26H25FN2O2/c27-24-8-4-5-9-25(24)28-16-18-29(19-17-28)26(30)15-12-21-10-13-23(14-11-21)31-20-22-6-2-1-3-7-22/h1-15H,16-20H2/b15-12+. The zero-order chi connectivity index (χ0) is 21.5. The molecule has 0 atom stereocenters. The van der Waals surface area contributed by atoms with Crippen LogP contribution in [0.4, 0.5) is 10.1 Å². The number of ether oxygens (including phenoxy) is 1. The van der Waals surface area contributed by atoms with Crippen molar-refractivity contribution in [3.63, 3.8) is 0 Å². The Morgan fingerprint density at radius 2 is 1.55 bits per heavy atom. The van der Waals surface area contributed by atoms with E-state index in [2.05, 4.69) is 0 Å². The van der Waals surface area contributed by atoms with Crippen LogP contribution in [0.1, 0.15) is 11.1 Å². The van der Waals surface area contributed by atoms with E-state index in [1.54, 1.807) is 23.1 Å². The Labute approximate surface area is 182 Å². The molecule has 1 fully saturated rings. The van der Waals surface area contributed by atoms with Crippen LogP contribution in [0.15, 0.2) is 84.9 Å². The van der Waals surface area contributed by atoms with Crippen molar-refractivity contribution in [2.75, 3.05) is 31.1 Å². The van der Waals surface area contributed by atoms with Gasteiger partial charge in [0.25, 0.3) is 0 Å². The fourth-order valence-corrected chi connectivity index (χ4v) is 3.56. The number of hydrogen-bond acceptors (Lipinski definition) is 3. The smallest absolute Gasteiger partial charge is 0.246 e. The Morgan fingerprint density at radius 3 is 2.26 bits per heavy atom. The summed E-state index contributed by atoms with van der Waals surface area (Å²) in [7, 11) is 0. The predicted molar refractivity (Wildman–Crippen MR) is 121 cm³/mol. The molecule has 4 nitrogen and oxygen atoms in total. The Morgan fingerprint density at radius 1 is 0.871 bits per heavy atom. The molecule has 3 aromatic rings. The molecule has 0 unspecified atom stereocenters. The first kappa shape index (κ1) is 20.7. The molecule has 31 heavy (non-hydrogen) atoms. The highest BCUT2D eigenvalue weighted by atomic mass is 19.1. The van der Waals surface area contributed by atoms with Crippen molar-refractivity contribution in [3.05, 3.63) is 102 Å². The average Bonchev–Trinajstić information content (AvgIpc) is 2.83. The molecule has 3 aromatic carbocycles. The molecule has 1 saturated heterocycles. The molecule has 4 rings (SSSR count). The van der Waals surface area contributed by atoms with Crippen LogP contribution in [-0.2, 0) is 11.4 Å². The summed E-state index contributed by atoms with van der Waals surface area (Å²) >= 11 is 0. The quantitative estimate of drug-likeness (QED) is 0.543. The molecular weight excluding hydrogens is 391 g/mol. The van der Waals surface area contributed by atoms with Gasteiger partial charge in [-0.05, 0) is 41.5 Å². The van der Waals surface area contributed by atoms with Gasteiger partial charge in [0.15, 0.2) is 0 Å². The van der Waals surface area contributed by atoms with Crippen molar-refractivity contribution in [2.24, 2.45) is 0 Å². The molecule has 0 aliphatic carbocycles. The summed E-state index contributed by atoms with van der Waals surface area (Å²) in [4.78, 5) is 16.3. The first-order valence-electron chi connectivity index (χ1n) is 10.4. The molecule has 0 aromatic heterocycles. The van der Waals surface area contributed by atoms with E-state index >= 15 is 0 Å². The highest BCUT2D eigenvalue weighted by Crippen LogP contribution is 2.20. The summed E-state index contributed by atoms with van der Waals surface area (Å²) in [6, 6.07) is 24.4. The minimum absolute atomic E-state index is 0.0300. The van der Waals surface area contributed by atoms with E-state index in [1.807, 2.05) is 71.6 Å². The Kier molecular flexibility index (Phi) is 6.62. The van der Waals surface area contributed by atoms with E-state index < -0.39 is 0 Å². The van der Waals surface area contributed by atoms with Gasteiger partial charge in [0, 0.05) is 32.3 Å². The maximum atomic E-state index is 14.0. The topological polar surface area (TPSA) is 32.8 Å². The summed E-state index contributed by atoms with van der Waals surface area (Å²) in [6.07, 6.45) is 3.41. The normalized spacial score (nSPS) is 14.1. The Bertz CT molecular complexity index is 1030. The van der Waals surface area contributed by atoms with Gasteiger partial charge in [-0.3, -0.25) is 4.79 Å². The highest BCUT2D eigenvalue weighted by Gasteiger charge is 2.21. The van der Waals surface area contributed by atoms with Crippen LogP contribution in [-0.4, -0.2) is 37.0 Å². The van der Waals surface area contributed by atoms with Crippen LogP contribution < -0.4 is 9.64 Å². The van der Waals surface area contributed by atoms with Crippen LogP contribution >= 0.6 is 0 Å². The van der Waals surface area contributed by atoms with E-state index in [0.29, 0.717) is 38.5 Å². The predicted octanol–water partition coefficient (Wildman–Crippen LogP) is 4.77. The minimum Gasteiger partial charge on any atom is -0.489 e. The maximum absolute atomic E-state index is 14.0. The average molecular weight is 416 g/mol. The van der Waals surface area contributed by atoms with Crippen LogP contribution in [0.3, 0.4) is 0 Å². The number of nitrogens with zero attached hydrogens (tertiary/aromatic N) is 2. The van der Waals surface area contributed by atoms with Gasteiger partial charge in [-0.2, -0.15) is 0 Å². The molecule has 1 amide bonds. The summed E-state index contributed by atoms with van der Waals surface area (Å²) in [5.41, 5.74) is 2.65. The van der Waals surface area contributed by atoms with Crippen molar-refractivity contribution in [3.8, 4) is 5.75 Å². The summed E-state index contributed by atoms with van der Waals surface area (Å²) in [6.45, 7) is 2.91. The van der Waals surface area contributed by atoms with Crippen molar-refractivity contribution < 1.29 is 13.9 Å². The number of benzene rings is 3. The van der Waals surface area contributed by atoms with Gasteiger partial charge < -0.3 is 14.5 Å². The lowest BCUT2D eigenvalue weighted by Gasteiger charge is -2.35. The van der Waals surface area contributed by atoms with Crippen molar-refractivity contribution in [1.29, 1.82) is 0 Å².